The Balaban J connectivity index is 1.79. The molecule has 0 spiro atoms. The minimum atomic E-state index is -0.218. The molecule has 3 rings (SSSR count). The van der Waals surface area contributed by atoms with Crippen LogP contribution in [0.5, 0.6) is 11.5 Å². The van der Waals surface area contributed by atoms with Gasteiger partial charge in [-0.15, -0.1) is 0 Å². The molecule has 1 aromatic rings. The van der Waals surface area contributed by atoms with Gasteiger partial charge in [0.15, 0.2) is 5.17 Å². The average Bonchev–Trinajstić information content (AvgIpc) is 2.95. The molecule has 7 heteroatoms. The average molecular weight is 362 g/mol. The standard InChI is InChI=1S/C18H22N2O4S/c1-11-9-20(10-12(2)24-11)18-19-17(21)16(25-18)7-13-5-6-14(22-3)8-15(13)23-4/h5-8,11-12H,9-10H2,1-4H3/b16-7+/t11-,12-/m1/s1. The van der Waals surface area contributed by atoms with E-state index in [1.165, 1.54) is 11.8 Å². The van der Waals surface area contributed by atoms with Crippen LogP contribution in [0.1, 0.15) is 19.4 Å². The molecule has 0 aliphatic carbocycles. The van der Waals surface area contributed by atoms with Crippen molar-refractivity contribution in [3.8, 4) is 11.5 Å². The van der Waals surface area contributed by atoms with Crippen molar-refractivity contribution in [1.29, 1.82) is 0 Å². The molecule has 2 atom stereocenters. The molecule has 1 aromatic carbocycles. The number of amidine groups is 1. The second kappa shape index (κ2) is 7.49. The molecule has 2 heterocycles. The molecule has 134 valence electrons. The van der Waals surface area contributed by atoms with Gasteiger partial charge in [-0.05, 0) is 43.8 Å². The highest BCUT2D eigenvalue weighted by Crippen LogP contribution is 2.34. The molecule has 25 heavy (non-hydrogen) atoms. The number of aliphatic imine (C=N–C) groups is 1. The number of methoxy groups -OCH3 is 2. The van der Waals surface area contributed by atoms with Crippen molar-refractivity contribution in [1.82, 2.24) is 4.90 Å². The van der Waals surface area contributed by atoms with Crippen molar-refractivity contribution < 1.29 is 19.0 Å². The number of nitrogens with zero attached hydrogens (tertiary/aromatic N) is 2. The van der Waals surface area contributed by atoms with Crippen LogP contribution < -0.4 is 9.47 Å². The van der Waals surface area contributed by atoms with Crippen LogP contribution in [-0.2, 0) is 9.53 Å². The number of hydrogen-bond acceptors (Lipinski definition) is 6. The number of morpholine rings is 1. The Morgan fingerprint density at radius 3 is 2.60 bits per heavy atom. The summed E-state index contributed by atoms with van der Waals surface area (Å²) in [7, 11) is 3.20. The lowest BCUT2D eigenvalue weighted by atomic mass is 10.1. The third-order valence-electron chi connectivity index (χ3n) is 4.03. The predicted octanol–water partition coefficient (Wildman–Crippen LogP) is 2.78. The Kier molecular flexibility index (Phi) is 5.34. The van der Waals surface area contributed by atoms with Crippen molar-refractivity contribution in [2.45, 2.75) is 26.1 Å². The first kappa shape index (κ1) is 17.8. The van der Waals surface area contributed by atoms with Crippen LogP contribution in [-0.4, -0.2) is 55.5 Å². The lowest BCUT2D eigenvalue weighted by Crippen LogP contribution is -2.47. The predicted molar refractivity (Wildman–Crippen MR) is 99.1 cm³/mol. The molecule has 1 amide bonds. The molecule has 0 bridgehead atoms. The van der Waals surface area contributed by atoms with Crippen LogP contribution in [0.2, 0.25) is 0 Å². The first-order chi connectivity index (χ1) is 12.0. The van der Waals surface area contributed by atoms with Crippen LogP contribution in [0.25, 0.3) is 6.08 Å². The van der Waals surface area contributed by atoms with Crippen molar-refractivity contribution in [3.63, 3.8) is 0 Å². The van der Waals surface area contributed by atoms with Crippen LogP contribution in [0, 0.1) is 0 Å². The van der Waals surface area contributed by atoms with Gasteiger partial charge in [-0.3, -0.25) is 4.79 Å². The summed E-state index contributed by atoms with van der Waals surface area (Å²) in [6.45, 7) is 5.54. The minimum Gasteiger partial charge on any atom is -0.497 e. The molecular weight excluding hydrogens is 340 g/mol. The molecular formula is C18H22N2O4S. The summed E-state index contributed by atoms with van der Waals surface area (Å²) in [5.74, 6) is 1.14. The number of ether oxygens (including phenoxy) is 3. The summed E-state index contributed by atoms with van der Waals surface area (Å²) < 4.78 is 16.3. The van der Waals surface area contributed by atoms with Crippen molar-refractivity contribution in [3.05, 3.63) is 28.7 Å². The zero-order valence-electron chi connectivity index (χ0n) is 14.8. The Labute approximate surface area is 151 Å². The third-order valence-corrected chi connectivity index (χ3v) is 5.07. The van der Waals surface area contributed by atoms with Crippen LogP contribution in [0.15, 0.2) is 28.1 Å². The van der Waals surface area contributed by atoms with Gasteiger partial charge < -0.3 is 19.1 Å². The summed E-state index contributed by atoms with van der Waals surface area (Å²) >= 11 is 1.40. The summed E-state index contributed by atoms with van der Waals surface area (Å²) in [6, 6.07) is 5.51. The van der Waals surface area contributed by atoms with Crippen LogP contribution in [0.4, 0.5) is 0 Å². The van der Waals surface area contributed by atoms with E-state index in [0.29, 0.717) is 16.4 Å². The first-order valence-corrected chi connectivity index (χ1v) is 8.96. The lowest BCUT2D eigenvalue weighted by molar-refractivity contribution is -0.113. The molecule has 6 nitrogen and oxygen atoms in total. The van der Waals surface area contributed by atoms with Crippen LogP contribution in [0.3, 0.4) is 0 Å². The molecule has 1 saturated heterocycles. The molecule has 0 aromatic heterocycles. The highest BCUT2D eigenvalue weighted by Gasteiger charge is 2.31. The summed E-state index contributed by atoms with van der Waals surface area (Å²) in [4.78, 5) is 19.2. The van der Waals surface area contributed by atoms with E-state index in [1.54, 1.807) is 20.3 Å². The fourth-order valence-corrected chi connectivity index (χ4v) is 3.87. The van der Waals surface area contributed by atoms with Crippen molar-refractivity contribution >= 4 is 28.9 Å². The van der Waals surface area contributed by atoms with Gasteiger partial charge in [-0.2, -0.15) is 4.99 Å². The number of carbonyl (C=O) groups excluding carboxylic acids is 1. The first-order valence-electron chi connectivity index (χ1n) is 8.15. The largest absolute Gasteiger partial charge is 0.497 e. The molecule has 0 N–H and O–H groups in total. The van der Waals surface area contributed by atoms with Gasteiger partial charge in [0.1, 0.15) is 11.5 Å². The topological polar surface area (TPSA) is 60.4 Å². The second-order valence-electron chi connectivity index (χ2n) is 6.08. The highest BCUT2D eigenvalue weighted by molar-refractivity contribution is 8.18. The van der Waals surface area contributed by atoms with E-state index in [0.717, 1.165) is 23.8 Å². The van der Waals surface area contributed by atoms with Crippen molar-refractivity contribution in [2.24, 2.45) is 4.99 Å². The SMILES string of the molecule is COc1ccc(/C=C2/SC(N3C[C@@H](C)O[C@H](C)C3)=NC2=O)c(OC)c1. The molecule has 1 fully saturated rings. The fraction of sp³-hybridized carbons (Fsp3) is 0.444. The number of hydrogen-bond donors (Lipinski definition) is 0. The van der Waals surface area contributed by atoms with E-state index in [2.05, 4.69) is 9.89 Å². The van der Waals surface area contributed by atoms with Gasteiger partial charge in [-0.25, -0.2) is 0 Å². The Hall–Kier alpha value is -1.99. The Morgan fingerprint density at radius 2 is 1.96 bits per heavy atom. The number of amides is 1. The minimum absolute atomic E-state index is 0.122. The number of carbonyl (C=O) groups is 1. The Bertz CT molecular complexity index is 722. The Morgan fingerprint density at radius 1 is 1.24 bits per heavy atom. The maximum atomic E-state index is 12.3. The van der Waals surface area contributed by atoms with E-state index in [4.69, 9.17) is 14.2 Å². The van der Waals surface area contributed by atoms with E-state index >= 15 is 0 Å². The second-order valence-corrected chi connectivity index (χ2v) is 7.09. The van der Waals surface area contributed by atoms with E-state index in [9.17, 15) is 4.79 Å². The van der Waals surface area contributed by atoms with Gasteiger partial charge in [0.25, 0.3) is 5.91 Å². The van der Waals surface area contributed by atoms with Gasteiger partial charge >= 0.3 is 0 Å². The highest BCUT2D eigenvalue weighted by atomic mass is 32.2. The fourth-order valence-electron chi connectivity index (χ4n) is 2.95. The van der Waals surface area contributed by atoms with Gasteiger partial charge in [0.2, 0.25) is 0 Å². The normalized spacial score (nSPS) is 25.3. The van der Waals surface area contributed by atoms with Crippen LogP contribution >= 0.6 is 11.8 Å². The van der Waals surface area contributed by atoms with E-state index in [-0.39, 0.29) is 18.1 Å². The lowest BCUT2D eigenvalue weighted by Gasteiger charge is -2.35. The van der Waals surface area contributed by atoms with Gasteiger partial charge in [0.05, 0.1) is 31.3 Å². The number of benzene rings is 1. The molecule has 0 saturated carbocycles. The number of rotatable bonds is 3. The quantitative estimate of drug-likeness (QED) is 0.771. The van der Waals surface area contributed by atoms with Gasteiger partial charge in [0, 0.05) is 24.7 Å². The summed E-state index contributed by atoms with van der Waals surface area (Å²) in [6.07, 6.45) is 2.06. The molecule has 0 unspecified atom stereocenters. The van der Waals surface area contributed by atoms with E-state index in [1.807, 2.05) is 32.1 Å². The zero-order valence-corrected chi connectivity index (χ0v) is 15.6. The smallest absolute Gasteiger partial charge is 0.286 e. The van der Waals surface area contributed by atoms with Crippen molar-refractivity contribution in [2.75, 3.05) is 27.3 Å². The third kappa shape index (κ3) is 3.99. The summed E-state index contributed by atoms with van der Waals surface area (Å²) in [5, 5.41) is 0.741. The number of thioether (sulfide) groups is 1. The molecule has 0 radical (unpaired) electrons. The molecule has 2 aliphatic rings. The van der Waals surface area contributed by atoms with Gasteiger partial charge in [-0.1, -0.05) is 0 Å². The zero-order chi connectivity index (χ0) is 18.0. The monoisotopic (exact) mass is 362 g/mol. The molecule has 2 aliphatic heterocycles. The summed E-state index contributed by atoms with van der Waals surface area (Å²) in [5.41, 5.74) is 0.819. The maximum Gasteiger partial charge on any atom is 0.286 e. The maximum absolute atomic E-state index is 12.3. The van der Waals surface area contributed by atoms with E-state index < -0.39 is 0 Å².